The third-order valence-electron chi connectivity index (χ3n) is 4.63. The van der Waals surface area contributed by atoms with Crippen molar-refractivity contribution in [2.24, 2.45) is 5.92 Å². The number of piperidine rings is 1. The minimum atomic E-state index is 0.0504. The van der Waals surface area contributed by atoms with Crippen molar-refractivity contribution in [3.63, 3.8) is 0 Å². The van der Waals surface area contributed by atoms with Crippen LogP contribution in [0.5, 0.6) is 0 Å². The fourth-order valence-electron chi connectivity index (χ4n) is 3.40. The molecule has 0 aliphatic carbocycles. The Bertz CT molecular complexity index is 767. The Morgan fingerprint density at radius 3 is 2.80 bits per heavy atom. The highest BCUT2D eigenvalue weighted by Gasteiger charge is 2.22. The minimum Gasteiger partial charge on any atom is -0.353 e. The summed E-state index contributed by atoms with van der Waals surface area (Å²) in [5, 5.41) is 3.98. The quantitative estimate of drug-likeness (QED) is 0.843. The molecular formula is C20H24ClN3O. The smallest absolute Gasteiger partial charge is 0.255 e. The van der Waals surface area contributed by atoms with Gasteiger partial charge in [-0.25, -0.2) is 0 Å². The summed E-state index contributed by atoms with van der Waals surface area (Å²) in [6.45, 7) is 7.86. The maximum absolute atomic E-state index is 12.8. The molecule has 5 heteroatoms. The molecule has 1 atom stereocenters. The van der Waals surface area contributed by atoms with Crippen molar-refractivity contribution in [3.05, 3.63) is 52.3 Å². The Balaban J connectivity index is 1.81. The van der Waals surface area contributed by atoms with Crippen molar-refractivity contribution in [1.29, 1.82) is 0 Å². The molecular weight excluding hydrogens is 334 g/mol. The van der Waals surface area contributed by atoms with Crippen LogP contribution < -0.4 is 5.32 Å². The molecule has 2 aromatic rings. The third-order valence-corrected chi connectivity index (χ3v) is 4.93. The van der Waals surface area contributed by atoms with E-state index in [2.05, 4.69) is 23.3 Å². The zero-order valence-corrected chi connectivity index (χ0v) is 15.7. The molecule has 0 spiro atoms. The molecule has 132 valence electrons. The average Bonchev–Trinajstić information content (AvgIpc) is 2.57. The summed E-state index contributed by atoms with van der Waals surface area (Å²) in [4.78, 5) is 18.9. The molecule has 3 rings (SSSR count). The van der Waals surface area contributed by atoms with Gasteiger partial charge in [0.25, 0.3) is 5.91 Å². The number of carbonyl (C=O) groups excluding carboxylic acids is 1. The highest BCUT2D eigenvalue weighted by Crippen LogP contribution is 2.30. The molecule has 1 unspecified atom stereocenters. The van der Waals surface area contributed by atoms with Crippen molar-refractivity contribution in [2.45, 2.75) is 33.6 Å². The number of pyridine rings is 1. The van der Waals surface area contributed by atoms with Crippen molar-refractivity contribution < 1.29 is 4.79 Å². The lowest BCUT2D eigenvalue weighted by Crippen LogP contribution is -2.39. The van der Waals surface area contributed by atoms with Crippen molar-refractivity contribution >= 4 is 28.9 Å². The molecule has 1 aliphatic rings. The van der Waals surface area contributed by atoms with Gasteiger partial charge in [-0.05, 0) is 55.9 Å². The predicted octanol–water partition coefficient (Wildman–Crippen LogP) is 4.97. The molecule has 0 bridgehead atoms. The number of nitrogens with one attached hydrogen (secondary N) is 1. The second-order valence-electron chi connectivity index (χ2n) is 7.02. The van der Waals surface area contributed by atoms with Crippen molar-refractivity contribution in [2.75, 3.05) is 18.4 Å². The van der Waals surface area contributed by atoms with Gasteiger partial charge in [0.1, 0.15) is 0 Å². The topological polar surface area (TPSA) is 45.2 Å². The number of aryl methyl sites for hydroxylation is 2. The summed E-state index contributed by atoms with van der Waals surface area (Å²) in [5.41, 5.74) is 4.41. The SMILES string of the molecule is Cc1cc(C)c(Nc2cncc(C(=O)N3CCCC(C)C3)c2)c(Cl)c1. The van der Waals surface area contributed by atoms with E-state index in [-0.39, 0.29) is 5.91 Å². The van der Waals surface area contributed by atoms with Crippen LogP contribution in [0.1, 0.15) is 41.3 Å². The number of benzene rings is 1. The Morgan fingerprint density at radius 2 is 2.08 bits per heavy atom. The zero-order valence-electron chi connectivity index (χ0n) is 15.0. The Kier molecular flexibility index (Phi) is 5.28. The summed E-state index contributed by atoms with van der Waals surface area (Å²) in [6.07, 6.45) is 5.60. The van der Waals surface area contributed by atoms with Crippen LogP contribution in [0.2, 0.25) is 5.02 Å². The van der Waals surface area contributed by atoms with E-state index in [1.54, 1.807) is 12.4 Å². The van der Waals surface area contributed by atoms with E-state index >= 15 is 0 Å². The summed E-state index contributed by atoms with van der Waals surface area (Å²) >= 11 is 6.37. The van der Waals surface area contributed by atoms with Crippen LogP contribution in [0.3, 0.4) is 0 Å². The zero-order chi connectivity index (χ0) is 18.0. The second kappa shape index (κ2) is 7.44. The molecule has 1 aliphatic heterocycles. The van der Waals surface area contributed by atoms with Gasteiger partial charge in [0, 0.05) is 19.3 Å². The van der Waals surface area contributed by atoms with Crippen molar-refractivity contribution in [1.82, 2.24) is 9.88 Å². The first-order chi connectivity index (χ1) is 11.9. The molecule has 1 amide bonds. The predicted molar refractivity (Wildman–Crippen MR) is 103 cm³/mol. The van der Waals surface area contributed by atoms with Gasteiger partial charge < -0.3 is 10.2 Å². The number of aromatic nitrogens is 1. The minimum absolute atomic E-state index is 0.0504. The number of likely N-dealkylation sites (tertiary alicyclic amines) is 1. The Morgan fingerprint density at radius 1 is 1.28 bits per heavy atom. The lowest BCUT2D eigenvalue weighted by Gasteiger charge is -2.31. The number of halogens is 1. The van der Waals surface area contributed by atoms with E-state index in [0.717, 1.165) is 42.0 Å². The Labute approximate surface area is 154 Å². The maximum Gasteiger partial charge on any atom is 0.255 e. The molecule has 1 N–H and O–H groups in total. The molecule has 25 heavy (non-hydrogen) atoms. The number of carbonyl (C=O) groups is 1. The number of amides is 1. The van der Waals surface area contributed by atoms with Crippen LogP contribution in [-0.4, -0.2) is 28.9 Å². The van der Waals surface area contributed by atoms with Crippen LogP contribution >= 0.6 is 11.6 Å². The third kappa shape index (κ3) is 4.13. The van der Waals surface area contributed by atoms with Gasteiger partial charge in [0.2, 0.25) is 0 Å². The van der Waals surface area contributed by atoms with Gasteiger partial charge in [-0.2, -0.15) is 0 Å². The van der Waals surface area contributed by atoms with E-state index in [9.17, 15) is 4.79 Å². The molecule has 1 aromatic heterocycles. The summed E-state index contributed by atoms with van der Waals surface area (Å²) in [5.74, 6) is 0.607. The summed E-state index contributed by atoms with van der Waals surface area (Å²) in [6, 6.07) is 5.85. The molecule has 1 saturated heterocycles. The molecule has 0 radical (unpaired) electrons. The number of nitrogens with zero attached hydrogens (tertiary/aromatic N) is 2. The Hall–Kier alpha value is -2.07. The average molecular weight is 358 g/mol. The first-order valence-electron chi connectivity index (χ1n) is 8.72. The monoisotopic (exact) mass is 357 g/mol. The number of hydrogen-bond donors (Lipinski definition) is 1. The number of hydrogen-bond acceptors (Lipinski definition) is 3. The van der Waals surface area contributed by atoms with Gasteiger partial charge in [-0.3, -0.25) is 9.78 Å². The standard InChI is InChI=1S/C20H24ClN3O/c1-13-5-4-6-24(12-13)20(25)16-9-17(11-22-10-16)23-19-15(3)7-14(2)8-18(19)21/h7-11,13,23H,4-6,12H2,1-3H3. The van der Waals surface area contributed by atoms with Gasteiger partial charge in [0.05, 0.1) is 28.2 Å². The van der Waals surface area contributed by atoms with Crippen LogP contribution in [0, 0.1) is 19.8 Å². The lowest BCUT2D eigenvalue weighted by atomic mass is 10.00. The first-order valence-corrected chi connectivity index (χ1v) is 9.10. The highest BCUT2D eigenvalue weighted by atomic mass is 35.5. The van der Waals surface area contributed by atoms with Crippen LogP contribution in [0.25, 0.3) is 0 Å². The molecule has 1 aromatic carbocycles. The highest BCUT2D eigenvalue weighted by molar-refractivity contribution is 6.33. The fourth-order valence-corrected chi connectivity index (χ4v) is 3.77. The van der Waals surface area contributed by atoms with Gasteiger partial charge in [0.15, 0.2) is 0 Å². The van der Waals surface area contributed by atoms with Gasteiger partial charge >= 0.3 is 0 Å². The number of rotatable bonds is 3. The molecule has 2 heterocycles. The normalized spacial score (nSPS) is 17.4. The van der Waals surface area contributed by atoms with E-state index in [4.69, 9.17) is 11.6 Å². The summed E-state index contributed by atoms with van der Waals surface area (Å²) < 4.78 is 0. The van der Waals surface area contributed by atoms with Crippen LogP contribution in [0.4, 0.5) is 11.4 Å². The van der Waals surface area contributed by atoms with Crippen LogP contribution in [-0.2, 0) is 0 Å². The second-order valence-corrected chi connectivity index (χ2v) is 7.43. The van der Waals surface area contributed by atoms with E-state index in [0.29, 0.717) is 16.5 Å². The van der Waals surface area contributed by atoms with E-state index in [1.165, 1.54) is 6.42 Å². The van der Waals surface area contributed by atoms with Crippen molar-refractivity contribution in [3.8, 4) is 0 Å². The molecule has 1 fully saturated rings. The van der Waals surface area contributed by atoms with E-state index in [1.807, 2.05) is 30.9 Å². The van der Waals surface area contributed by atoms with E-state index < -0.39 is 0 Å². The van der Waals surface area contributed by atoms with Gasteiger partial charge in [-0.15, -0.1) is 0 Å². The number of anilines is 2. The largest absolute Gasteiger partial charge is 0.353 e. The van der Waals surface area contributed by atoms with Crippen LogP contribution in [0.15, 0.2) is 30.6 Å². The fraction of sp³-hybridized carbons (Fsp3) is 0.400. The maximum atomic E-state index is 12.8. The van der Waals surface area contributed by atoms with Gasteiger partial charge in [-0.1, -0.05) is 24.6 Å². The molecule has 4 nitrogen and oxygen atoms in total. The first kappa shape index (κ1) is 17.7. The lowest BCUT2D eigenvalue weighted by molar-refractivity contribution is 0.0682. The summed E-state index contributed by atoms with van der Waals surface area (Å²) in [7, 11) is 0. The molecule has 0 saturated carbocycles.